The maximum atomic E-state index is 12.6. The van der Waals surface area contributed by atoms with Crippen LogP contribution in [-0.4, -0.2) is 50.9 Å². The summed E-state index contributed by atoms with van der Waals surface area (Å²) in [4.78, 5) is 28.3. The van der Waals surface area contributed by atoms with Crippen molar-refractivity contribution in [1.29, 1.82) is 0 Å². The molecule has 1 aromatic heterocycles. The van der Waals surface area contributed by atoms with E-state index in [0.717, 1.165) is 22.0 Å². The summed E-state index contributed by atoms with van der Waals surface area (Å²) in [6.07, 6.45) is 0.752. The average molecular weight is 344 g/mol. The first-order valence-electron chi connectivity index (χ1n) is 7.96. The van der Waals surface area contributed by atoms with Crippen LogP contribution in [-0.2, 0) is 22.6 Å². The molecule has 0 saturated carbocycles. The van der Waals surface area contributed by atoms with Gasteiger partial charge in [-0.3, -0.25) is 9.59 Å². The Kier molecular flexibility index (Phi) is 4.89. The summed E-state index contributed by atoms with van der Waals surface area (Å²) in [5.74, 6) is -0.0465. The lowest BCUT2D eigenvalue weighted by molar-refractivity contribution is -0.155. The Bertz CT molecular complexity index is 731. The van der Waals surface area contributed by atoms with Crippen LogP contribution in [0, 0.1) is 6.92 Å². The van der Waals surface area contributed by atoms with Gasteiger partial charge >= 0.3 is 0 Å². The SMILES string of the molecule is Cc1nnc(CN2C(=O)CN(CCc3ccccc3)C(=O)[C@H]2C)s1. The maximum Gasteiger partial charge on any atom is 0.245 e. The quantitative estimate of drug-likeness (QED) is 0.827. The topological polar surface area (TPSA) is 66.4 Å². The smallest absolute Gasteiger partial charge is 0.245 e. The Labute approximate surface area is 145 Å². The second-order valence-electron chi connectivity index (χ2n) is 5.91. The predicted molar refractivity (Wildman–Crippen MR) is 91.4 cm³/mol. The lowest BCUT2D eigenvalue weighted by Crippen LogP contribution is -2.58. The Morgan fingerprint density at radius 1 is 1.21 bits per heavy atom. The highest BCUT2D eigenvalue weighted by Crippen LogP contribution is 2.18. The number of carbonyl (C=O) groups excluding carboxylic acids is 2. The van der Waals surface area contributed by atoms with Gasteiger partial charge in [0.1, 0.15) is 16.1 Å². The number of benzene rings is 1. The first-order valence-corrected chi connectivity index (χ1v) is 8.77. The van der Waals surface area contributed by atoms with Crippen LogP contribution < -0.4 is 0 Å². The monoisotopic (exact) mass is 344 g/mol. The van der Waals surface area contributed by atoms with E-state index in [2.05, 4.69) is 10.2 Å². The van der Waals surface area contributed by atoms with Crippen LogP contribution in [0.3, 0.4) is 0 Å². The number of aromatic nitrogens is 2. The Morgan fingerprint density at radius 3 is 2.62 bits per heavy atom. The second-order valence-corrected chi connectivity index (χ2v) is 7.17. The van der Waals surface area contributed by atoms with Crippen molar-refractivity contribution in [2.24, 2.45) is 0 Å². The fourth-order valence-corrected chi connectivity index (χ4v) is 3.52. The molecular weight excluding hydrogens is 324 g/mol. The molecule has 1 aliphatic heterocycles. The summed E-state index contributed by atoms with van der Waals surface area (Å²) in [5, 5.41) is 9.63. The van der Waals surface area contributed by atoms with Crippen LogP contribution in [0.1, 0.15) is 22.5 Å². The summed E-state index contributed by atoms with van der Waals surface area (Å²) < 4.78 is 0. The third-order valence-electron chi connectivity index (χ3n) is 4.17. The number of hydrogen-bond donors (Lipinski definition) is 0. The zero-order valence-electron chi connectivity index (χ0n) is 13.8. The van der Waals surface area contributed by atoms with Gasteiger partial charge in [0.25, 0.3) is 0 Å². The van der Waals surface area contributed by atoms with Crippen molar-refractivity contribution in [2.75, 3.05) is 13.1 Å². The lowest BCUT2D eigenvalue weighted by atomic mass is 10.1. The first kappa shape index (κ1) is 16.6. The third-order valence-corrected chi connectivity index (χ3v) is 4.99. The molecule has 3 rings (SSSR count). The molecular formula is C17H20N4O2S. The normalized spacial score (nSPS) is 18.3. The van der Waals surface area contributed by atoms with Gasteiger partial charge in [0, 0.05) is 6.54 Å². The average Bonchev–Trinajstić information content (AvgIpc) is 3.00. The molecule has 1 atom stereocenters. The van der Waals surface area contributed by atoms with E-state index in [0.29, 0.717) is 13.1 Å². The molecule has 2 amide bonds. The van der Waals surface area contributed by atoms with E-state index in [4.69, 9.17) is 0 Å². The fourth-order valence-electron chi connectivity index (χ4n) is 2.82. The third kappa shape index (κ3) is 3.62. The van der Waals surface area contributed by atoms with Crippen molar-refractivity contribution in [3.05, 3.63) is 45.9 Å². The van der Waals surface area contributed by atoms with Crippen molar-refractivity contribution in [3.63, 3.8) is 0 Å². The van der Waals surface area contributed by atoms with Gasteiger partial charge in [-0.2, -0.15) is 0 Å². The van der Waals surface area contributed by atoms with Gasteiger partial charge in [-0.15, -0.1) is 10.2 Å². The molecule has 24 heavy (non-hydrogen) atoms. The largest absolute Gasteiger partial charge is 0.331 e. The number of nitrogens with zero attached hydrogens (tertiary/aromatic N) is 4. The van der Waals surface area contributed by atoms with E-state index in [9.17, 15) is 9.59 Å². The summed E-state index contributed by atoms with van der Waals surface area (Å²) in [5.41, 5.74) is 1.16. The summed E-state index contributed by atoms with van der Waals surface area (Å²) in [7, 11) is 0. The van der Waals surface area contributed by atoms with Crippen molar-refractivity contribution in [1.82, 2.24) is 20.0 Å². The van der Waals surface area contributed by atoms with Crippen LogP contribution in [0.15, 0.2) is 30.3 Å². The highest BCUT2D eigenvalue weighted by atomic mass is 32.1. The molecule has 0 aliphatic carbocycles. The summed E-state index contributed by atoms with van der Waals surface area (Å²) in [6.45, 7) is 4.70. The predicted octanol–water partition coefficient (Wildman–Crippen LogP) is 1.65. The number of carbonyl (C=O) groups is 2. The molecule has 0 unspecified atom stereocenters. The van der Waals surface area contributed by atoms with Gasteiger partial charge in [0.05, 0.1) is 13.1 Å². The van der Waals surface area contributed by atoms with Crippen LogP contribution in [0.25, 0.3) is 0 Å². The van der Waals surface area contributed by atoms with E-state index < -0.39 is 6.04 Å². The summed E-state index contributed by atoms with van der Waals surface area (Å²) in [6, 6.07) is 9.52. The summed E-state index contributed by atoms with van der Waals surface area (Å²) >= 11 is 1.45. The van der Waals surface area contributed by atoms with Gasteiger partial charge in [0.15, 0.2) is 0 Å². The molecule has 6 nitrogen and oxygen atoms in total. The molecule has 2 heterocycles. The van der Waals surface area contributed by atoms with Gasteiger partial charge in [-0.05, 0) is 25.8 Å². The molecule has 1 aromatic carbocycles. The standard InChI is InChI=1S/C17H20N4O2S/c1-12-17(23)20(9-8-14-6-4-3-5-7-14)11-16(22)21(12)10-15-19-18-13(2)24-15/h3-7,12H,8-11H2,1-2H3/t12-/m1/s1. The minimum atomic E-state index is -0.466. The highest BCUT2D eigenvalue weighted by molar-refractivity contribution is 7.11. The molecule has 7 heteroatoms. The zero-order chi connectivity index (χ0) is 17.1. The maximum absolute atomic E-state index is 12.6. The van der Waals surface area contributed by atoms with Crippen molar-refractivity contribution < 1.29 is 9.59 Å². The van der Waals surface area contributed by atoms with Gasteiger partial charge in [-0.25, -0.2) is 0 Å². The minimum Gasteiger partial charge on any atom is -0.331 e. The second kappa shape index (κ2) is 7.09. The molecule has 0 bridgehead atoms. The van der Waals surface area contributed by atoms with Gasteiger partial charge in [-0.1, -0.05) is 41.7 Å². The van der Waals surface area contributed by atoms with Crippen molar-refractivity contribution >= 4 is 23.2 Å². The Hall–Kier alpha value is -2.28. The number of aryl methyl sites for hydroxylation is 1. The van der Waals surface area contributed by atoms with Crippen molar-refractivity contribution in [3.8, 4) is 0 Å². The Balaban J connectivity index is 1.63. The van der Waals surface area contributed by atoms with Crippen LogP contribution >= 0.6 is 11.3 Å². The molecule has 1 saturated heterocycles. The number of piperazine rings is 1. The lowest BCUT2D eigenvalue weighted by Gasteiger charge is -2.38. The zero-order valence-corrected chi connectivity index (χ0v) is 14.6. The molecule has 0 radical (unpaired) electrons. The van der Waals surface area contributed by atoms with Crippen molar-refractivity contribution in [2.45, 2.75) is 32.9 Å². The van der Waals surface area contributed by atoms with Gasteiger partial charge in [0.2, 0.25) is 11.8 Å². The molecule has 0 spiro atoms. The molecule has 0 N–H and O–H groups in total. The number of hydrogen-bond acceptors (Lipinski definition) is 5. The fraction of sp³-hybridized carbons (Fsp3) is 0.412. The van der Waals surface area contributed by atoms with E-state index in [1.165, 1.54) is 11.3 Å². The van der Waals surface area contributed by atoms with E-state index in [-0.39, 0.29) is 18.4 Å². The van der Waals surface area contributed by atoms with E-state index >= 15 is 0 Å². The molecule has 126 valence electrons. The van der Waals surface area contributed by atoms with Gasteiger partial charge < -0.3 is 9.80 Å². The number of amides is 2. The molecule has 2 aromatic rings. The van der Waals surface area contributed by atoms with Crippen LogP contribution in [0.4, 0.5) is 0 Å². The first-order chi connectivity index (χ1) is 11.5. The highest BCUT2D eigenvalue weighted by Gasteiger charge is 2.36. The Morgan fingerprint density at radius 2 is 1.96 bits per heavy atom. The van der Waals surface area contributed by atoms with E-state index in [1.54, 1.807) is 16.7 Å². The van der Waals surface area contributed by atoms with Crippen LogP contribution in [0.5, 0.6) is 0 Å². The van der Waals surface area contributed by atoms with Crippen LogP contribution in [0.2, 0.25) is 0 Å². The number of rotatable bonds is 5. The molecule has 1 fully saturated rings. The molecule has 1 aliphatic rings. The minimum absolute atomic E-state index is 0.00762. The van der Waals surface area contributed by atoms with E-state index in [1.807, 2.05) is 37.3 Å².